The Morgan fingerprint density at radius 1 is 0.929 bits per heavy atom. The van der Waals surface area contributed by atoms with Gasteiger partial charge in [-0.05, 0) is 48.5 Å². The quantitative estimate of drug-likeness (QED) is 0.713. The lowest BCUT2D eigenvalue weighted by Crippen LogP contribution is -2.25. The van der Waals surface area contributed by atoms with Crippen LogP contribution in [0.2, 0.25) is 0 Å². The maximum atomic E-state index is 12.8. The van der Waals surface area contributed by atoms with E-state index in [2.05, 4.69) is 5.32 Å². The highest BCUT2D eigenvalue weighted by atomic mass is 32.2. The van der Waals surface area contributed by atoms with Gasteiger partial charge in [-0.1, -0.05) is 12.1 Å². The lowest BCUT2D eigenvalue weighted by Gasteiger charge is -2.22. The molecule has 142 valence electrons. The van der Waals surface area contributed by atoms with Crippen LogP contribution in [0.5, 0.6) is 0 Å². The number of carbonyl (C=O) groups is 1. The molecule has 28 heavy (non-hydrogen) atoms. The number of benzene rings is 2. The molecule has 3 aromatic rings. The second-order valence-corrected chi connectivity index (χ2v) is 7.49. The summed E-state index contributed by atoms with van der Waals surface area (Å²) in [4.78, 5) is 21.6. The molecule has 3 N–H and O–H groups in total. The number of hydrogen-bond donors (Lipinski definition) is 2. The molecule has 1 unspecified atom stereocenters. The minimum atomic E-state index is -1.51. The topological polar surface area (TPSA) is 91.6 Å². The number of anilines is 5. The number of nitrogens with zero attached hydrogens (tertiary/aromatic N) is 3. The summed E-state index contributed by atoms with van der Waals surface area (Å²) in [5.41, 5.74) is 2.95. The Labute approximate surface area is 165 Å². The van der Waals surface area contributed by atoms with Gasteiger partial charge >= 0.3 is 0 Å². The maximum Gasteiger partial charge on any atom is 0.260 e. The monoisotopic (exact) mass is 393 g/mol. The first-order valence-corrected chi connectivity index (χ1v) is 9.82. The van der Waals surface area contributed by atoms with Gasteiger partial charge in [0.2, 0.25) is 0 Å². The second-order valence-electron chi connectivity index (χ2n) is 6.43. The standard InChI is InChI=1S/C20H19N5O2S/c1-24-16-6-4-3-5-15(16)20(26)25(2)17-11-12-18(23-19(17)24)22-13-7-9-14(10-8-13)28(21)27/h3-12H,21H2,1-2H3,(H,22,23). The van der Waals surface area contributed by atoms with Crippen molar-refractivity contribution in [1.29, 1.82) is 0 Å². The summed E-state index contributed by atoms with van der Waals surface area (Å²) in [6.45, 7) is 0. The van der Waals surface area contributed by atoms with Gasteiger partial charge in [0.15, 0.2) is 5.82 Å². The van der Waals surface area contributed by atoms with Crippen molar-refractivity contribution < 1.29 is 9.00 Å². The molecule has 1 aliphatic rings. The molecule has 2 heterocycles. The minimum absolute atomic E-state index is 0.0749. The lowest BCUT2D eigenvalue weighted by atomic mass is 10.1. The normalized spacial score (nSPS) is 14.2. The van der Waals surface area contributed by atoms with Crippen molar-refractivity contribution in [2.24, 2.45) is 5.14 Å². The molecule has 0 saturated carbocycles. The fourth-order valence-corrected chi connectivity index (χ4v) is 3.60. The zero-order chi connectivity index (χ0) is 19.8. The highest BCUT2D eigenvalue weighted by Crippen LogP contribution is 2.38. The van der Waals surface area contributed by atoms with Crippen molar-refractivity contribution in [2.75, 3.05) is 29.2 Å². The van der Waals surface area contributed by atoms with Gasteiger partial charge in [0.1, 0.15) is 16.8 Å². The maximum absolute atomic E-state index is 12.8. The van der Waals surface area contributed by atoms with E-state index in [0.717, 1.165) is 17.1 Å². The van der Waals surface area contributed by atoms with Crippen LogP contribution in [-0.4, -0.2) is 29.2 Å². The number of para-hydroxylation sites is 1. The van der Waals surface area contributed by atoms with Crippen molar-refractivity contribution in [3.63, 3.8) is 0 Å². The molecule has 4 rings (SSSR count). The van der Waals surface area contributed by atoms with Gasteiger partial charge in [-0.15, -0.1) is 0 Å². The largest absolute Gasteiger partial charge is 0.340 e. The predicted octanol–water partition coefficient (Wildman–Crippen LogP) is 3.16. The summed E-state index contributed by atoms with van der Waals surface area (Å²) in [5.74, 6) is 1.23. The SMILES string of the molecule is CN1C(=O)c2ccccc2N(C)c2nc(Nc3ccc(S(N)=O)cc3)ccc21. The lowest BCUT2D eigenvalue weighted by molar-refractivity contribution is 0.0994. The van der Waals surface area contributed by atoms with Crippen LogP contribution in [0.25, 0.3) is 0 Å². The Bertz CT molecular complexity index is 1080. The molecule has 1 amide bonds. The highest BCUT2D eigenvalue weighted by Gasteiger charge is 2.28. The molecule has 8 heteroatoms. The Morgan fingerprint density at radius 2 is 1.64 bits per heavy atom. The molecule has 1 atom stereocenters. The third-order valence-corrected chi connectivity index (χ3v) is 5.43. The van der Waals surface area contributed by atoms with E-state index in [-0.39, 0.29) is 5.91 Å². The number of amides is 1. The van der Waals surface area contributed by atoms with Crippen molar-refractivity contribution in [3.8, 4) is 0 Å². The molecule has 0 saturated heterocycles. The summed E-state index contributed by atoms with van der Waals surface area (Å²) in [6.07, 6.45) is 0. The molecule has 0 aliphatic carbocycles. The van der Waals surface area contributed by atoms with Crippen molar-refractivity contribution in [3.05, 3.63) is 66.2 Å². The van der Waals surface area contributed by atoms with E-state index < -0.39 is 11.0 Å². The first-order valence-electron chi connectivity index (χ1n) is 8.61. The number of fused-ring (bicyclic) bond motifs is 2. The molecule has 0 fully saturated rings. The fraction of sp³-hybridized carbons (Fsp3) is 0.100. The molecular formula is C20H19N5O2S. The Hall–Kier alpha value is -3.23. The van der Waals surface area contributed by atoms with Gasteiger partial charge in [-0.25, -0.2) is 14.3 Å². The Balaban J connectivity index is 1.72. The highest BCUT2D eigenvalue weighted by molar-refractivity contribution is 7.82. The smallest absolute Gasteiger partial charge is 0.260 e. The number of carbonyl (C=O) groups excluding carboxylic acids is 1. The van der Waals surface area contributed by atoms with Gasteiger partial charge in [0, 0.05) is 19.8 Å². The molecule has 0 spiro atoms. The third-order valence-electron chi connectivity index (χ3n) is 4.69. The van der Waals surface area contributed by atoms with E-state index in [1.54, 1.807) is 36.2 Å². The molecular weight excluding hydrogens is 374 g/mol. The van der Waals surface area contributed by atoms with E-state index in [9.17, 15) is 9.00 Å². The van der Waals surface area contributed by atoms with Gasteiger partial charge in [0.05, 0.1) is 21.8 Å². The minimum Gasteiger partial charge on any atom is -0.340 e. The van der Waals surface area contributed by atoms with Crippen LogP contribution in [0, 0.1) is 0 Å². The molecule has 1 aromatic heterocycles. The van der Waals surface area contributed by atoms with Crippen LogP contribution < -0.4 is 20.3 Å². The van der Waals surface area contributed by atoms with Gasteiger partial charge in [0.25, 0.3) is 5.91 Å². The van der Waals surface area contributed by atoms with Crippen molar-refractivity contribution in [1.82, 2.24) is 4.98 Å². The average Bonchev–Trinajstić information content (AvgIpc) is 2.79. The average molecular weight is 393 g/mol. The van der Waals surface area contributed by atoms with Crippen molar-refractivity contribution in [2.45, 2.75) is 4.90 Å². The summed E-state index contributed by atoms with van der Waals surface area (Å²) >= 11 is 0. The van der Waals surface area contributed by atoms with E-state index in [0.29, 0.717) is 22.1 Å². The molecule has 2 aromatic carbocycles. The molecule has 1 aliphatic heterocycles. The summed E-state index contributed by atoms with van der Waals surface area (Å²) in [7, 11) is 2.13. The molecule has 7 nitrogen and oxygen atoms in total. The van der Waals surface area contributed by atoms with Crippen LogP contribution in [-0.2, 0) is 11.0 Å². The molecule has 0 bridgehead atoms. The van der Waals surface area contributed by atoms with Crippen LogP contribution in [0.3, 0.4) is 0 Å². The van der Waals surface area contributed by atoms with Crippen molar-refractivity contribution >= 4 is 45.6 Å². The van der Waals surface area contributed by atoms with Gasteiger partial charge in [-0.3, -0.25) is 4.79 Å². The van der Waals surface area contributed by atoms with Crippen LogP contribution >= 0.6 is 0 Å². The van der Waals surface area contributed by atoms with Gasteiger partial charge < -0.3 is 15.1 Å². The summed E-state index contributed by atoms with van der Waals surface area (Å²) in [6, 6.07) is 18.2. The summed E-state index contributed by atoms with van der Waals surface area (Å²) < 4.78 is 11.3. The first-order chi connectivity index (χ1) is 13.5. The van der Waals surface area contributed by atoms with Crippen LogP contribution in [0.4, 0.5) is 28.7 Å². The summed E-state index contributed by atoms with van der Waals surface area (Å²) in [5, 5.41) is 8.62. The Morgan fingerprint density at radius 3 is 2.36 bits per heavy atom. The number of nitrogens with one attached hydrogen (secondary N) is 1. The van der Waals surface area contributed by atoms with E-state index in [4.69, 9.17) is 10.1 Å². The fourth-order valence-electron chi connectivity index (χ4n) is 3.19. The Kier molecular flexibility index (Phi) is 4.58. The number of nitrogens with two attached hydrogens (primary N) is 1. The number of rotatable bonds is 3. The molecule has 0 radical (unpaired) electrons. The second kappa shape index (κ2) is 7.06. The van der Waals surface area contributed by atoms with Gasteiger partial charge in [-0.2, -0.15) is 0 Å². The number of aromatic nitrogens is 1. The van der Waals surface area contributed by atoms with Crippen LogP contribution in [0.15, 0.2) is 65.6 Å². The first kappa shape index (κ1) is 18.1. The van der Waals surface area contributed by atoms with Crippen LogP contribution in [0.1, 0.15) is 10.4 Å². The number of pyridine rings is 1. The van der Waals surface area contributed by atoms with E-state index in [1.807, 2.05) is 48.3 Å². The zero-order valence-electron chi connectivity index (χ0n) is 15.4. The predicted molar refractivity (Wildman–Crippen MR) is 112 cm³/mol. The van der Waals surface area contributed by atoms with E-state index in [1.165, 1.54) is 0 Å². The third kappa shape index (κ3) is 3.12. The van der Waals surface area contributed by atoms with E-state index >= 15 is 0 Å². The number of hydrogen-bond acceptors (Lipinski definition) is 5. The zero-order valence-corrected chi connectivity index (χ0v) is 16.2.